The van der Waals surface area contributed by atoms with E-state index in [4.69, 9.17) is 14.6 Å². The Balaban J connectivity index is 1.47. The zero-order chi connectivity index (χ0) is 27.0. The highest BCUT2D eigenvalue weighted by Crippen LogP contribution is 2.30. The highest BCUT2D eigenvalue weighted by Gasteiger charge is 2.39. The van der Waals surface area contributed by atoms with Gasteiger partial charge >= 0.3 is 5.97 Å². The van der Waals surface area contributed by atoms with E-state index >= 15 is 0 Å². The molecule has 0 fully saturated rings. The number of carboxylic acids is 1. The lowest BCUT2D eigenvalue weighted by Gasteiger charge is -2.27. The minimum atomic E-state index is -1.94. The summed E-state index contributed by atoms with van der Waals surface area (Å²) in [6.07, 6.45) is 1.43. The van der Waals surface area contributed by atoms with Gasteiger partial charge in [-0.05, 0) is 52.6 Å². The summed E-state index contributed by atoms with van der Waals surface area (Å²) >= 11 is 0. The Labute approximate surface area is 219 Å². The summed E-state index contributed by atoms with van der Waals surface area (Å²) in [6, 6.07) is 28.9. The molecule has 1 amide bonds. The van der Waals surface area contributed by atoms with Gasteiger partial charge in [-0.2, -0.15) is 5.10 Å². The number of hydrogen-bond donors (Lipinski definition) is 3. The van der Waals surface area contributed by atoms with Crippen LogP contribution in [0.5, 0.6) is 11.5 Å². The van der Waals surface area contributed by atoms with Crippen LogP contribution in [0.15, 0.2) is 108 Å². The molecular weight excluding hydrogens is 484 g/mol. The van der Waals surface area contributed by atoms with Gasteiger partial charge in [-0.25, -0.2) is 10.2 Å². The minimum Gasteiger partial charge on any atom is -0.493 e. The number of amides is 1. The van der Waals surface area contributed by atoms with Crippen LogP contribution < -0.4 is 14.9 Å². The third kappa shape index (κ3) is 5.88. The van der Waals surface area contributed by atoms with Crippen LogP contribution in [-0.2, 0) is 17.0 Å². The van der Waals surface area contributed by atoms with Gasteiger partial charge in [0.25, 0.3) is 5.91 Å². The fourth-order valence-electron chi connectivity index (χ4n) is 3.87. The number of nitrogens with zero attached hydrogens (tertiary/aromatic N) is 1. The maximum Gasteiger partial charge on any atom is 0.335 e. The second-order valence-electron chi connectivity index (χ2n) is 8.35. The quantitative estimate of drug-likeness (QED) is 0.216. The average Bonchev–Trinajstić information content (AvgIpc) is 2.96. The zero-order valence-electron chi connectivity index (χ0n) is 20.6. The third-order valence-corrected chi connectivity index (χ3v) is 5.85. The SMILES string of the molecule is COc1cc(/C=N\NC(=O)C(O)(c2ccccc2)c2ccccc2)ccc1OCc1cccc(C(=O)O)c1. The van der Waals surface area contributed by atoms with Gasteiger partial charge in [0.2, 0.25) is 0 Å². The summed E-state index contributed by atoms with van der Waals surface area (Å²) in [7, 11) is 1.50. The fraction of sp³-hybridized carbons (Fsp3) is 0.100. The number of nitrogens with one attached hydrogen (secondary N) is 1. The smallest absolute Gasteiger partial charge is 0.335 e. The normalized spacial score (nSPS) is 11.2. The number of benzene rings is 4. The third-order valence-electron chi connectivity index (χ3n) is 5.85. The van der Waals surface area contributed by atoms with Crippen molar-refractivity contribution in [1.82, 2.24) is 5.43 Å². The molecule has 8 nitrogen and oxygen atoms in total. The van der Waals surface area contributed by atoms with Gasteiger partial charge in [0.1, 0.15) is 6.61 Å². The number of ether oxygens (including phenoxy) is 2. The summed E-state index contributed by atoms with van der Waals surface area (Å²) < 4.78 is 11.2. The van der Waals surface area contributed by atoms with E-state index in [1.807, 2.05) is 0 Å². The molecule has 0 aliphatic carbocycles. The lowest BCUT2D eigenvalue weighted by molar-refractivity contribution is -0.136. The number of aromatic carboxylic acids is 1. The Bertz CT molecular complexity index is 1400. The first-order valence-electron chi connectivity index (χ1n) is 11.7. The highest BCUT2D eigenvalue weighted by molar-refractivity contribution is 5.91. The molecule has 192 valence electrons. The summed E-state index contributed by atoms with van der Waals surface area (Å²) in [4.78, 5) is 24.3. The maximum absolute atomic E-state index is 13.2. The van der Waals surface area contributed by atoms with Gasteiger partial charge < -0.3 is 19.7 Å². The lowest BCUT2D eigenvalue weighted by atomic mass is 9.85. The molecule has 4 rings (SSSR count). The van der Waals surface area contributed by atoms with Crippen LogP contribution in [0.3, 0.4) is 0 Å². The van der Waals surface area contributed by atoms with Gasteiger partial charge in [0, 0.05) is 0 Å². The van der Waals surface area contributed by atoms with Gasteiger partial charge in [0.15, 0.2) is 17.1 Å². The second kappa shape index (κ2) is 11.9. The molecule has 4 aromatic carbocycles. The Morgan fingerprint density at radius 2 is 1.53 bits per heavy atom. The Morgan fingerprint density at radius 3 is 2.13 bits per heavy atom. The van der Waals surface area contributed by atoms with E-state index in [2.05, 4.69) is 10.5 Å². The zero-order valence-corrected chi connectivity index (χ0v) is 20.6. The van der Waals surface area contributed by atoms with Crippen LogP contribution in [0.4, 0.5) is 0 Å². The van der Waals surface area contributed by atoms with Gasteiger partial charge in [0.05, 0.1) is 18.9 Å². The molecule has 8 heteroatoms. The van der Waals surface area contributed by atoms with E-state index in [0.29, 0.717) is 33.8 Å². The van der Waals surface area contributed by atoms with Crippen LogP contribution in [0.2, 0.25) is 0 Å². The molecule has 0 atom stereocenters. The molecule has 0 heterocycles. The summed E-state index contributed by atoms with van der Waals surface area (Å²) in [5.41, 5.74) is 2.82. The first-order chi connectivity index (χ1) is 18.4. The van der Waals surface area contributed by atoms with Crippen LogP contribution in [0, 0.1) is 0 Å². The molecule has 38 heavy (non-hydrogen) atoms. The van der Waals surface area contributed by atoms with Crippen molar-refractivity contribution in [2.45, 2.75) is 12.2 Å². The van der Waals surface area contributed by atoms with Gasteiger partial charge in [-0.15, -0.1) is 0 Å². The largest absolute Gasteiger partial charge is 0.493 e. The molecule has 4 aromatic rings. The number of carboxylic acid groups (broad SMARTS) is 1. The van der Waals surface area contributed by atoms with E-state index in [0.717, 1.165) is 0 Å². The van der Waals surface area contributed by atoms with Gasteiger partial charge in [-0.3, -0.25) is 4.79 Å². The van der Waals surface area contributed by atoms with Crippen molar-refractivity contribution in [3.8, 4) is 11.5 Å². The topological polar surface area (TPSA) is 117 Å². The number of carbonyl (C=O) groups is 2. The van der Waals surface area contributed by atoms with E-state index < -0.39 is 17.5 Å². The molecule has 0 aliphatic heterocycles. The van der Waals surface area contributed by atoms with E-state index in [1.54, 1.807) is 97.1 Å². The molecule has 0 aliphatic rings. The van der Waals surface area contributed by atoms with Crippen molar-refractivity contribution < 1.29 is 29.3 Å². The summed E-state index contributed by atoms with van der Waals surface area (Å²) in [5.74, 6) is -0.829. The van der Waals surface area contributed by atoms with Crippen LogP contribution in [0.1, 0.15) is 32.6 Å². The maximum atomic E-state index is 13.2. The molecule has 0 radical (unpaired) electrons. The molecule has 0 unspecified atom stereocenters. The van der Waals surface area contributed by atoms with Crippen molar-refractivity contribution in [3.05, 3.63) is 131 Å². The van der Waals surface area contributed by atoms with E-state index in [1.165, 1.54) is 19.4 Å². The van der Waals surface area contributed by atoms with Crippen molar-refractivity contribution in [3.63, 3.8) is 0 Å². The van der Waals surface area contributed by atoms with Gasteiger partial charge in [-0.1, -0.05) is 72.8 Å². The minimum absolute atomic E-state index is 0.151. The average molecular weight is 511 g/mol. The number of rotatable bonds is 10. The molecule has 0 aromatic heterocycles. The molecular formula is C30H26N2O6. The van der Waals surface area contributed by atoms with Crippen molar-refractivity contribution in [2.24, 2.45) is 5.10 Å². The lowest BCUT2D eigenvalue weighted by Crippen LogP contribution is -2.43. The van der Waals surface area contributed by atoms with Crippen molar-refractivity contribution in [1.29, 1.82) is 0 Å². The summed E-state index contributed by atoms with van der Waals surface area (Å²) in [6.45, 7) is 0.151. The summed E-state index contributed by atoms with van der Waals surface area (Å²) in [5, 5.41) is 24.7. The van der Waals surface area contributed by atoms with Crippen LogP contribution in [-0.4, -0.2) is 35.4 Å². The number of hydrazone groups is 1. The molecule has 0 saturated carbocycles. The molecule has 3 N–H and O–H groups in total. The Hall–Kier alpha value is -4.95. The number of carbonyl (C=O) groups excluding carboxylic acids is 1. The predicted molar refractivity (Wildman–Crippen MR) is 142 cm³/mol. The standard InChI is InChI=1S/C30H26N2O6/c1-37-27-18-21(15-16-26(27)38-20-22-9-8-10-23(17-22)28(33)34)19-31-32-29(35)30(36,24-11-4-2-5-12-24)25-13-6-3-7-14-25/h2-19,36H,20H2,1H3,(H,32,35)(H,33,34)/b31-19-. The Morgan fingerprint density at radius 1 is 0.868 bits per heavy atom. The first-order valence-corrected chi connectivity index (χ1v) is 11.7. The molecule has 0 spiro atoms. The van der Waals surface area contributed by atoms with E-state index in [9.17, 15) is 14.7 Å². The van der Waals surface area contributed by atoms with Crippen molar-refractivity contribution in [2.75, 3.05) is 7.11 Å². The predicted octanol–water partition coefficient (Wildman–Crippen LogP) is 4.36. The first kappa shape index (κ1) is 26.1. The van der Waals surface area contributed by atoms with Crippen molar-refractivity contribution >= 4 is 18.1 Å². The Kier molecular flexibility index (Phi) is 8.15. The molecule has 0 saturated heterocycles. The number of methoxy groups -OCH3 is 1. The second-order valence-corrected chi connectivity index (χ2v) is 8.35. The fourth-order valence-corrected chi connectivity index (χ4v) is 3.87. The monoisotopic (exact) mass is 510 g/mol. The number of aliphatic hydroxyl groups is 1. The number of hydrogen-bond acceptors (Lipinski definition) is 6. The molecule has 0 bridgehead atoms. The van der Waals surface area contributed by atoms with Crippen LogP contribution in [0.25, 0.3) is 0 Å². The van der Waals surface area contributed by atoms with Crippen LogP contribution >= 0.6 is 0 Å². The highest BCUT2D eigenvalue weighted by atomic mass is 16.5. The van der Waals surface area contributed by atoms with E-state index in [-0.39, 0.29) is 12.2 Å².